The number of pyridine rings is 1. The molecule has 0 spiro atoms. The molecule has 0 aliphatic heterocycles. The number of aromatic nitrogens is 1. The van der Waals surface area contributed by atoms with Gasteiger partial charge in [0.2, 0.25) is 0 Å². The van der Waals surface area contributed by atoms with Crippen LogP contribution in [0, 0.1) is 11.3 Å². The number of nitrogens with zero attached hydrogens (tertiary/aromatic N) is 1. The lowest BCUT2D eigenvalue weighted by molar-refractivity contribution is 0.0525. The van der Waals surface area contributed by atoms with E-state index in [0.29, 0.717) is 5.69 Å². The van der Waals surface area contributed by atoms with E-state index in [0.717, 1.165) is 0 Å². The van der Waals surface area contributed by atoms with Gasteiger partial charge in [-0.15, -0.1) is 0 Å². The summed E-state index contributed by atoms with van der Waals surface area (Å²) >= 11 is 0. The van der Waals surface area contributed by atoms with Gasteiger partial charge in [0.25, 0.3) is 5.56 Å². The molecule has 1 rings (SSSR count). The fourth-order valence-corrected chi connectivity index (χ4v) is 1.44. The van der Waals surface area contributed by atoms with E-state index < -0.39 is 11.5 Å². The molecule has 0 saturated heterocycles. The lowest BCUT2D eigenvalue weighted by Gasteiger charge is -2.19. The van der Waals surface area contributed by atoms with E-state index in [9.17, 15) is 9.59 Å². The van der Waals surface area contributed by atoms with E-state index in [2.05, 4.69) is 4.98 Å². The minimum absolute atomic E-state index is 0.0213. The molecule has 0 bridgehead atoms. The maximum absolute atomic E-state index is 11.8. The van der Waals surface area contributed by atoms with E-state index in [1.807, 2.05) is 20.8 Å². The van der Waals surface area contributed by atoms with Gasteiger partial charge in [0.15, 0.2) is 0 Å². The Hall–Kier alpha value is -2.09. The van der Waals surface area contributed by atoms with Gasteiger partial charge in [0.05, 0.1) is 12.2 Å². The maximum Gasteiger partial charge on any atom is 0.339 e. The lowest BCUT2D eigenvalue weighted by Crippen LogP contribution is -2.25. The van der Waals surface area contributed by atoms with Crippen molar-refractivity contribution in [1.29, 1.82) is 5.26 Å². The average Bonchev–Trinajstić information content (AvgIpc) is 2.27. The molecule has 1 N–H and O–H groups in total. The van der Waals surface area contributed by atoms with Gasteiger partial charge in [-0.05, 0) is 13.0 Å². The standard InChI is InChI=1S/C13H16N2O3/c1-5-18-12(17)8-6-10(13(2,3)4)15-11(16)9(8)7-14/h6H,5H2,1-4H3,(H,15,16). The van der Waals surface area contributed by atoms with E-state index in [1.54, 1.807) is 13.0 Å². The number of nitrogens with one attached hydrogen (secondary N) is 1. The molecule has 18 heavy (non-hydrogen) atoms. The van der Waals surface area contributed by atoms with Crippen molar-refractivity contribution in [2.24, 2.45) is 0 Å². The molecule has 0 aromatic carbocycles. The normalized spacial score (nSPS) is 10.8. The Morgan fingerprint density at radius 1 is 1.50 bits per heavy atom. The Labute approximate surface area is 105 Å². The lowest BCUT2D eigenvalue weighted by atomic mass is 9.90. The van der Waals surface area contributed by atoms with Crippen molar-refractivity contribution in [3.05, 3.63) is 33.2 Å². The summed E-state index contributed by atoms with van der Waals surface area (Å²) in [4.78, 5) is 26.1. The number of hydrogen-bond acceptors (Lipinski definition) is 4. The van der Waals surface area contributed by atoms with E-state index in [4.69, 9.17) is 10.00 Å². The monoisotopic (exact) mass is 248 g/mol. The van der Waals surface area contributed by atoms with Gasteiger partial charge >= 0.3 is 5.97 Å². The number of rotatable bonds is 2. The fourth-order valence-electron chi connectivity index (χ4n) is 1.44. The number of ether oxygens (including phenoxy) is 1. The minimum atomic E-state index is -0.648. The molecule has 96 valence electrons. The zero-order valence-corrected chi connectivity index (χ0v) is 11.0. The molecule has 5 heteroatoms. The minimum Gasteiger partial charge on any atom is -0.462 e. The summed E-state index contributed by atoms with van der Waals surface area (Å²) in [6, 6.07) is 3.25. The topological polar surface area (TPSA) is 83.0 Å². The number of carbonyl (C=O) groups excluding carboxylic acids is 1. The zero-order valence-electron chi connectivity index (χ0n) is 11.0. The summed E-state index contributed by atoms with van der Waals surface area (Å²) in [6.45, 7) is 7.57. The third-order valence-electron chi connectivity index (χ3n) is 2.45. The van der Waals surface area contributed by atoms with Crippen molar-refractivity contribution in [3.63, 3.8) is 0 Å². The molecule has 1 aromatic heterocycles. The highest BCUT2D eigenvalue weighted by Crippen LogP contribution is 2.21. The molecular formula is C13H16N2O3. The van der Waals surface area contributed by atoms with Crippen LogP contribution in [0.25, 0.3) is 0 Å². The van der Waals surface area contributed by atoms with Gasteiger partial charge in [-0.3, -0.25) is 4.79 Å². The summed E-state index contributed by atoms with van der Waals surface area (Å²) < 4.78 is 4.85. The maximum atomic E-state index is 11.8. The highest BCUT2D eigenvalue weighted by atomic mass is 16.5. The largest absolute Gasteiger partial charge is 0.462 e. The molecule has 0 aliphatic rings. The van der Waals surface area contributed by atoms with Crippen LogP contribution in [-0.4, -0.2) is 17.6 Å². The molecule has 0 aliphatic carbocycles. The van der Waals surface area contributed by atoms with Crippen LogP contribution in [0.4, 0.5) is 0 Å². The molecule has 0 saturated carbocycles. The summed E-state index contributed by atoms with van der Waals surface area (Å²) in [5.74, 6) is -0.648. The first-order valence-electron chi connectivity index (χ1n) is 5.66. The smallest absolute Gasteiger partial charge is 0.339 e. The van der Waals surface area contributed by atoms with Gasteiger partial charge in [-0.1, -0.05) is 20.8 Å². The molecule has 0 radical (unpaired) electrons. The van der Waals surface area contributed by atoms with Crippen LogP contribution in [0.1, 0.15) is 49.3 Å². The van der Waals surface area contributed by atoms with E-state index in [-0.39, 0.29) is 23.1 Å². The molecular weight excluding hydrogens is 232 g/mol. The first-order chi connectivity index (χ1) is 8.31. The van der Waals surface area contributed by atoms with Crippen LogP contribution in [0.2, 0.25) is 0 Å². The first-order valence-corrected chi connectivity index (χ1v) is 5.66. The molecule has 1 aromatic rings. The number of hydrogen-bond donors (Lipinski definition) is 1. The van der Waals surface area contributed by atoms with E-state index >= 15 is 0 Å². The molecule has 0 fully saturated rings. The highest BCUT2D eigenvalue weighted by Gasteiger charge is 2.22. The predicted molar refractivity (Wildman–Crippen MR) is 66.4 cm³/mol. The Bertz CT molecular complexity index is 559. The SMILES string of the molecule is CCOC(=O)c1cc(C(C)(C)C)[nH]c(=O)c1C#N. The predicted octanol–water partition coefficient (Wildman–Crippen LogP) is 1.72. The number of esters is 1. The van der Waals surface area contributed by atoms with Crippen LogP contribution in [0.3, 0.4) is 0 Å². The summed E-state index contributed by atoms with van der Waals surface area (Å²) in [6.07, 6.45) is 0. The molecule has 1 heterocycles. The van der Waals surface area contributed by atoms with Gasteiger partial charge in [0, 0.05) is 11.1 Å². The molecule has 0 unspecified atom stereocenters. The van der Waals surface area contributed by atoms with Crippen molar-refractivity contribution in [1.82, 2.24) is 4.98 Å². The van der Waals surface area contributed by atoms with Gasteiger partial charge in [-0.25, -0.2) is 4.79 Å². The second-order valence-electron chi connectivity index (χ2n) is 4.88. The van der Waals surface area contributed by atoms with Crippen LogP contribution in [0.5, 0.6) is 0 Å². The number of aromatic amines is 1. The third-order valence-corrected chi connectivity index (χ3v) is 2.45. The summed E-state index contributed by atoms with van der Waals surface area (Å²) in [7, 11) is 0. The second kappa shape index (κ2) is 5.05. The third kappa shape index (κ3) is 2.77. The highest BCUT2D eigenvalue weighted by molar-refractivity contribution is 5.92. The van der Waals surface area contributed by atoms with Gasteiger partial charge in [-0.2, -0.15) is 5.26 Å². The van der Waals surface area contributed by atoms with Crippen molar-refractivity contribution in [2.45, 2.75) is 33.1 Å². The van der Waals surface area contributed by atoms with Crippen molar-refractivity contribution < 1.29 is 9.53 Å². The van der Waals surface area contributed by atoms with Crippen LogP contribution < -0.4 is 5.56 Å². The quantitative estimate of drug-likeness (QED) is 0.808. The molecule has 0 atom stereocenters. The molecule has 5 nitrogen and oxygen atoms in total. The Morgan fingerprint density at radius 3 is 2.56 bits per heavy atom. The van der Waals surface area contributed by atoms with Crippen molar-refractivity contribution in [2.75, 3.05) is 6.61 Å². The first kappa shape index (κ1) is 14.0. The van der Waals surface area contributed by atoms with Crippen LogP contribution in [-0.2, 0) is 10.2 Å². The summed E-state index contributed by atoms with van der Waals surface area (Å²) in [5, 5.41) is 8.93. The fraction of sp³-hybridized carbons (Fsp3) is 0.462. The van der Waals surface area contributed by atoms with Crippen LogP contribution in [0.15, 0.2) is 10.9 Å². The number of H-pyrrole nitrogens is 1. The van der Waals surface area contributed by atoms with Gasteiger partial charge in [0.1, 0.15) is 11.6 Å². The molecule has 0 amide bonds. The number of carbonyl (C=O) groups is 1. The number of nitriles is 1. The average molecular weight is 248 g/mol. The van der Waals surface area contributed by atoms with Crippen molar-refractivity contribution >= 4 is 5.97 Å². The van der Waals surface area contributed by atoms with Gasteiger partial charge < -0.3 is 9.72 Å². The Kier molecular flexibility index (Phi) is 3.92. The zero-order chi connectivity index (χ0) is 13.9. The van der Waals surface area contributed by atoms with Crippen molar-refractivity contribution in [3.8, 4) is 6.07 Å². The summed E-state index contributed by atoms with van der Waals surface area (Å²) in [5.41, 5.74) is -0.481. The van der Waals surface area contributed by atoms with Crippen LogP contribution >= 0.6 is 0 Å². The van der Waals surface area contributed by atoms with E-state index in [1.165, 1.54) is 6.07 Å². The Balaban J connectivity index is 3.48. The second-order valence-corrected chi connectivity index (χ2v) is 4.88. The Morgan fingerprint density at radius 2 is 2.11 bits per heavy atom.